The van der Waals surface area contributed by atoms with Crippen molar-refractivity contribution in [2.24, 2.45) is 0 Å². The number of pyridine rings is 1. The SMILES string of the molecule is FC(F)(F)c1cc([B-](c2cc(C(F)(F)F)cc(C(F)(F)F)c2)(c2cc(C(F)(F)F)cc(C(F)(F)F)c2)c2cc(C(F)(F)F)cc(C(F)(F)F)c2)cc(C(F)(F)F)c1.O=C(O)COC(=O)c1ccc2ccccc2[n+]1CC(=O)c1ccccc1. The number of rotatable bonds is 10. The van der Waals surface area contributed by atoms with E-state index in [1.54, 1.807) is 47.0 Å². The van der Waals surface area contributed by atoms with Gasteiger partial charge in [-0.1, -0.05) is 91.0 Å². The summed E-state index contributed by atoms with van der Waals surface area (Å²) in [7, 11) is 0. The number of esters is 1. The molecule has 7 aromatic rings. The van der Waals surface area contributed by atoms with E-state index in [-0.39, 0.29) is 18.0 Å². The zero-order chi connectivity index (χ0) is 62.4. The largest absolute Gasteiger partial charge is 0.479 e. The highest BCUT2D eigenvalue weighted by molar-refractivity contribution is 7.20. The van der Waals surface area contributed by atoms with E-state index >= 15 is 0 Å². The molecule has 0 aliphatic carbocycles. The third-order valence-electron chi connectivity index (χ3n) is 12.3. The van der Waals surface area contributed by atoms with Crippen molar-refractivity contribution in [3.8, 4) is 0 Å². The Bertz CT molecular complexity index is 3140. The predicted octanol–water partition coefficient (Wildman–Crippen LogP) is 13.5. The number of carbonyl (C=O) groups is 3. The Morgan fingerprint density at radius 3 is 0.964 bits per heavy atom. The molecule has 0 fully saturated rings. The lowest BCUT2D eigenvalue weighted by Crippen LogP contribution is -2.75. The highest BCUT2D eigenvalue weighted by Gasteiger charge is 2.47. The summed E-state index contributed by atoms with van der Waals surface area (Å²) in [4.78, 5) is 35.6. The molecule has 0 spiro atoms. The number of ether oxygens (including phenoxy) is 1. The molecule has 442 valence electrons. The molecule has 6 aromatic carbocycles. The summed E-state index contributed by atoms with van der Waals surface area (Å²) < 4.78 is 347. The topological polar surface area (TPSA) is 84.6 Å². The zero-order valence-corrected chi connectivity index (χ0v) is 40.4. The number of halogens is 24. The van der Waals surface area contributed by atoms with E-state index in [2.05, 4.69) is 0 Å². The number of aromatic nitrogens is 1. The van der Waals surface area contributed by atoms with Crippen LogP contribution in [0.4, 0.5) is 105 Å². The molecule has 0 bridgehead atoms. The summed E-state index contributed by atoms with van der Waals surface area (Å²) in [6.45, 7) is -0.804. The number of hydrogen-bond donors (Lipinski definition) is 1. The van der Waals surface area contributed by atoms with Crippen molar-refractivity contribution in [2.75, 3.05) is 6.61 Å². The first-order valence-corrected chi connectivity index (χ1v) is 22.6. The second-order valence-electron chi connectivity index (χ2n) is 17.8. The van der Waals surface area contributed by atoms with Gasteiger partial charge >= 0.3 is 61.3 Å². The van der Waals surface area contributed by atoms with Gasteiger partial charge in [0.15, 0.2) is 6.61 Å². The number of benzene rings is 6. The summed E-state index contributed by atoms with van der Waals surface area (Å²) in [5, 5.41) is 9.56. The van der Waals surface area contributed by atoms with Gasteiger partial charge in [-0.05, 0) is 36.4 Å². The summed E-state index contributed by atoms with van der Waals surface area (Å²) in [5.41, 5.74) is -28.9. The summed E-state index contributed by atoms with van der Waals surface area (Å²) in [6.07, 6.45) is -54.8. The van der Waals surface area contributed by atoms with Crippen LogP contribution in [-0.2, 0) is 65.5 Å². The lowest BCUT2D eigenvalue weighted by Gasteiger charge is -2.46. The number of Topliss-reactive ketones (excluding diaryl/α,β-unsaturated/α-hetero) is 1. The number of ketones is 1. The quantitative estimate of drug-likeness (QED) is 0.0485. The maximum absolute atomic E-state index is 14.2. The van der Waals surface area contributed by atoms with Gasteiger partial charge in [-0.3, -0.25) is 4.79 Å². The normalized spacial score (nSPS) is 13.1. The minimum absolute atomic E-state index is 0.0666. The third-order valence-corrected chi connectivity index (χ3v) is 12.3. The van der Waals surface area contributed by atoms with Crippen LogP contribution in [0.25, 0.3) is 10.9 Å². The molecular weight excluding hydrogens is 1190 g/mol. The number of nitrogens with zero attached hydrogens (tertiary/aromatic N) is 1. The van der Waals surface area contributed by atoms with Crippen molar-refractivity contribution in [2.45, 2.75) is 56.0 Å². The molecule has 0 radical (unpaired) electrons. The van der Waals surface area contributed by atoms with Crippen LogP contribution >= 0.6 is 0 Å². The molecule has 0 saturated heterocycles. The number of carbonyl (C=O) groups excluding carboxylic acids is 2. The predicted molar refractivity (Wildman–Crippen MR) is 243 cm³/mol. The number of alkyl halides is 24. The molecule has 31 heteroatoms. The van der Waals surface area contributed by atoms with E-state index < -0.39 is 213 Å². The van der Waals surface area contributed by atoms with Crippen LogP contribution in [0.5, 0.6) is 0 Å². The van der Waals surface area contributed by atoms with Crippen LogP contribution in [0.15, 0.2) is 140 Å². The number of hydrogen-bond acceptors (Lipinski definition) is 4. The Morgan fingerprint density at radius 2 is 0.675 bits per heavy atom. The van der Waals surface area contributed by atoms with Crippen LogP contribution in [0.1, 0.15) is 65.4 Å². The first-order chi connectivity index (χ1) is 37.8. The van der Waals surface area contributed by atoms with Crippen molar-refractivity contribution in [1.29, 1.82) is 0 Å². The van der Waals surface area contributed by atoms with Crippen LogP contribution in [0, 0.1) is 0 Å². The second-order valence-corrected chi connectivity index (χ2v) is 17.8. The zero-order valence-electron chi connectivity index (χ0n) is 40.4. The van der Waals surface area contributed by atoms with E-state index in [0.29, 0.717) is 11.1 Å². The van der Waals surface area contributed by atoms with Crippen molar-refractivity contribution >= 4 is 56.6 Å². The standard InChI is InChI=1S/C32H12BF24.C20H15NO5/c34-25(35,36)13-1-14(26(37,38)39)6-21(5-13)33(22-7-15(27(40,41)42)2-16(8-22)28(43,44)45,23-9-17(29(46,47)48)3-18(10-23)30(49,50)51)24-11-19(31(52,53)54)4-20(12-24)32(55,56)57;22-18(15-7-2-1-3-8-15)12-21-16-9-5-4-6-14(16)10-11-17(21)20(25)26-13-19(23)24/h1-12H;1-11H,12-13H2/q-1;/p+1. The van der Waals surface area contributed by atoms with Gasteiger partial charge in [0.2, 0.25) is 17.8 Å². The van der Waals surface area contributed by atoms with Crippen LogP contribution in [0.2, 0.25) is 0 Å². The van der Waals surface area contributed by atoms with Gasteiger partial charge in [0.25, 0.3) is 5.69 Å². The Morgan fingerprint density at radius 1 is 0.386 bits per heavy atom. The fourth-order valence-electron chi connectivity index (χ4n) is 8.74. The van der Waals surface area contributed by atoms with Gasteiger partial charge in [-0.25, -0.2) is 9.59 Å². The fourth-order valence-corrected chi connectivity index (χ4v) is 8.74. The third kappa shape index (κ3) is 14.7. The van der Waals surface area contributed by atoms with Crippen LogP contribution in [-0.4, -0.2) is 35.6 Å². The minimum Gasteiger partial charge on any atom is -0.479 e. The van der Waals surface area contributed by atoms with Crippen molar-refractivity contribution < 1.29 is 134 Å². The van der Waals surface area contributed by atoms with Gasteiger partial charge < -0.3 is 9.84 Å². The summed E-state index contributed by atoms with van der Waals surface area (Å²) in [5.74, 6) is -2.20. The Labute approximate surface area is 448 Å². The van der Waals surface area contributed by atoms with E-state index in [1.165, 1.54) is 6.07 Å². The maximum atomic E-state index is 14.2. The smallest absolute Gasteiger partial charge is 0.416 e. The molecule has 0 aliphatic heterocycles. The number of aliphatic carboxylic acids is 1. The minimum atomic E-state index is -6.13. The molecule has 1 aromatic heterocycles. The highest BCUT2D eigenvalue weighted by atomic mass is 19.4. The van der Waals surface area contributed by atoms with Gasteiger partial charge in [-0.15, -0.1) is 0 Å². The molecule has 7 rings (SSSR count). The number of para-hydroxylation sites is 1. The highest BCUT2D eigenvalue weighted by Crippen LogP contribution is 2.41. The molecule has 1 heterocycles. The molecule has 0 saturated carbocycles. The molecule has 83 heavy (non-hydrogen) atoms. The molecule has 6 nitrogen and oxygen atoms in total. The average Bonchev–Trinajstić information content (AvgIpc) is 1.06. The molecule has 0 unspecified atom stereocenters. The van der Waals surface area contributed by atoms with Crippen molar-refractivity contribution in [3.63, 3.8) is 0 Å². The van der Waals surface area contributed by atoms with Crippen molar-refractivity contribution in [3.05, 3.63) is 195 Å². The maximum Gasteiger partial charge on any atom is 0.416 e. The van der Waals surface area contributed by atoms with E-state index in [1.807, 2.05) is 18.2 Å². The Hall–Kier alpha value is -8.28. The fraction of sp³-hybridized carbons (Fsp3) is 0.192. The summed E-state index contributed by atoms with van der Waals surface area (Å²) >= 11 is 0. The van der Waals surface area contributed by atoms with E-state index in [4.69, 9.17) is 9.84 Å². The monoisotopic (exact) mass is 1210 g/mol. The Balaban J connectivity index is 0.000000352. The van der Waals surface area contributed by atoms with Gasteiger partial charge in [0.1, 0.15) is 6.15 Å². The van der Waals surface area contributed by atoms with Crippen molar-refractivity contribution in [1.82, 2.24) is 0 Å². The molecular formula is C52H28BF24NO5. The van der Waals surface area contributed by atoms with E-state index in [9.17, 15) is 120 Å². The first-order valence-electron chi connectivity index (χ1n) is 22.6. The molecule has 0 aliphatic rings. The molecule has 0 amide bonds. The van der Waals surface area contributed by atoms with Crippen LogP contribution < -0.4 is 26.4 Å². The van der Waals surface area contributed by atoms with Gasteiger partial charge in [-0.2, -0.15) is 132 Å². The van der Waals surface area contributed by atoms with Gasteiger partial charge in [0.05, 0.1) is 44.5 Å². The number of carboxylic acids is 1. The number of fused-ring (bicyclic) bond motifs is 1. The summed E-state index contributed by atoms with van der Waals surface area (Å²) in [6, 6.07) is 10.5. The second kappa shape index (κ2) is 22.5. The lowest BCUT2D eigenvalue weighted by atomic mass is 9.12. The number of carboxylic acid groups (broad SMARTS) is 1. The van der Waals surface area contributed by atoms with E-state index in [0.717, 1.165) is 5.39 Å². The first kappa shape index (κ1) is 63.9. The lowest BCUT2D eigenvalue weighted by molar-refractivity contribution is -0.659. The average molecular weight is 1210 g/mol. The van der Waals surface area contributed by atoms with Gasteiger partial charge in [0, 0.05) is 23.1 Å². The molecule has 1 N–H and O–H groups in total. The van der Waals surface area contributed by atoms with Crippen LogP contribution in [0.3, 0.4) is 0 Å². The Kier molecular flexibility index (Phi) is 17.3. The molecule has 0 atom stereocenters.